The second-order valence-electron chi connectivity index (χ2n) is 8.79. The molecule has 2 heterocycles. The number of fused-ring (bicyclic) bond motifs is 1. The molecule has 0 radical (unpaired) electrons. The maximum absolute atomic E-state index is 13.1. The van der Waals surface area contributed by atoms with Gasteiger partial charge >= 0.3 is 0 Å². The van der Waals surface area contributed by atoms with Crippen molar-refractivity contribution < 1.29 is 22.7 Å². The summed E-state index contributed by atoms with van der Waals surface area (Å²) in [5.41, 5.74) is 1.83. The Morgan fingerprint density at radius 1 is 1.17 bits per heavy atom. The molecule has 0 spiro atoms. The highest BCUT2D eigenvalue weighted by Crippen LogP contribution is 2.26. The van der Waals surface area contributed by atoms with Gasteiger partial charge in [0.25, 0.3) is 5.91 Å². The number of sulfonamides is 1. The molecule has 2 aromatic carbocycles. The van der Waals surface area contributed by atoms with Gasteiger partial charge in [0.15, 0.2) is 4.80 Å². The summed E-state index contributed by atoms with van der Waals surface area (Å²) in [5, 5.41) is 2.76. The fourth-order valence-corrected chi connectivity index (χ4v) is 7.12. The Hall–Kier alpha value is -2.86. The topological polar surface area (TPSA) is 110 Å². The Morgan fingerprint density at radius 3 is 2.58 bits per heavy atom. The Kier molecular flexibility index (Phi) is 8.04. The molecule has 0 aliphatic carbocycles. The summed E-state index contributed by atoms with van der Waals surface area (Å²) < 4.78 is 35.7. The number of anilines is 1. The predicted octanol–water partition coefficient (Wildman–Crippen LogP) is 3.61. The Bertz CT molecular complexity index is 1440. The van der Waals surface area contributed by atoms with E-state index in [1.807, 2.05) is 23.6 Å². The van der Waals surface area contributed by atoms with Gasteiger partial charge in [-0.3, -0.25) is 9.59 Å². The summed E-state index contributed by atoms with van der Waals surface area (Å²) in [7, 11) is -2.01. The minimum atomic E-state index is -3.61. The zero-order valence-electron chi connectivity index (χ0n) is 20.6. The largest absolute Gasteiger partial charge is 0.383 e. The van der Waals surface area contributed by atoms with Gasteiger partial charge in [0.05, 0.1) is 21.7 Å². The second-order valence-corrected chi connectivity index (χ2v) is 11.7. The fourth-order valence-electron chi connectivity index (χ4n) is 4.32. The molecule has 1 fully saturated rings. The molecule has 1 aliphatic heterocycles. The number of nitrogens with zero attached hydrogens (tertiary/aromatic N) is 3. The van der Waals surface area contributed by atoms with Gasteiger partial charge in [-0.05, 0) is 62.2 Å². The third kappa shape index (κ3) is 5.59. The van der Waals surface area contributed by atoms with E-state index in [0.717, 1.165) is 29.5 Å². The van der Waals surface area contributed by atoms with Crippen molar-refractivity contribution in [3.05, 3.63) is 52.8 Å². The first-order chi connectivity index (χ1) is 17.2. The van der Waals surface area contributed by atoms with Crippen LogP contribution in [0.4, 0.5) is 5.69 Å². The highest BCUT2D eigenvalue weighted by atomic mass is 32.2. The highest BCUT2D eigenvalue weighted by molar-refractivity contribution is 7.89. The number of piperidine rings is 1. The van der Waals surface area contributed by atoms with Gasteiger partial charge in [-0.15, -0.1) is 0 Å². The monoisotopic (exact) mass is 530 g/mol. The molecular formula is C25H30N4O5S2. The molecule has 192 valence electrons. The molecule has 11 heteroatoms. The van der Waals surface area contributed by atoms with Crippen molar-refractivity contribution in [1.29, 1.82) is 0 Å². The maximum Gasteiger partial charge on any atom is 0.279 e. The zero-order chi connectivity index (χ0) is 25.9. The van der Waals surface area contributed by atoms with Crippen molar-refractivity contribution in [3.8, 4) is 0 Å². The summed E-state index contributed by atoms with van der Waals surface area (Å²) in [4.78, 5) is 29.5. The number of rotatable bonds is 7. The summed E-state index contributed by atoms with van der Waals surface area (Å²) in [6, 6.07) is 11.4. The number of carbonyl (C=O) groups is 2. The lowest BCUT2D eigenvalue weighted by molar-refractivity contribution is -0.114. The number of hydrogen-bond donors (Lipinski definition) is 1. The molecule has 36 heavy (non-hydrogen) atoms. The Morgan fingerprint density at radius 2 is 1.92 bits per heavy atom. The first kappa shape index (κ1) is 26.2. The molecule has 9 nitrogen and oxygen atoms in total. The van der Waals surface area contributed by atoms with Crippen LogP contribution in [0, 0.1) is 0 Å². The molecular weight excluding hydrogens is 500 g/mol. The lowest BCUT2D eigenvalue weighted by atomic mass is 10.1. The fraction of sp³-hybridized carbons (Fsp3) is 0.400. The van der Waals surface area contributed by atoms with Crippen LogP contribution in [-0.4, -0.2) is 55.4 Å². The van der Waals surface area contributed by atoms with Crippen molar-refractivity contribution >= 4 is 49.1 Å². The Balaban J connectivity index is 1.65. The molecule has 2 amide bonds. The molecule has 1 aliphatic rings. The lowest BCUT2D eigenvalue weighted by Crippen LogP contribution is -2.41. The van der Waals surface area contributed by atoms with Crippen molar-refractivity contribution in [2.24, 2.45) is 4.99 Å². The van der Waals surface area contributed by atoms with E-state index in [2.05, 4.69) is 10.3 Å². The second kappa shape index (κ2) is 11.0. The van der Waals surface area contributed by atoms with Gasteiger partial charge in [0.1, 0.15) is 0 Å². The van der Waals surface area contributed by atoms with E-state index in [1.165, 1.54) is 42.5 Å². The van der Waals surface area contributed by atoms with Gasteiger partial charge in [-0.1, -0.05) is 17.8 Å². The lowest BCUT2D eigenvalue weighted by Gasteiger charge is -2.32. The Labute approximate surface area is 214 Å². The van der Waals surface area contributed by atoms with Crippen molar-refractivity contribution in [1.82, 2.24) is 8.87 Å². The molecule has 1 N–H and O–H groups in total. The van der Waals surface area contributed by atoms with Crippen molar-refractivity contribution in [3.63, 3.8) is 0 Å². The first-order valence-electron chi connectivity index (χ1n) is 11.8. The summed E-state index contributed by atoms with van der Waals surface area (Å²) in [6.45, 7) is 4.81. The SMILES string of the molecule is COCCn1c(=NC(=O)c2ccc(S(=O)(=O)N3CCCCC3C)cc2)sc2cc(NC(C)=O)ccc21. The zero-order valence-corrected chi connectivity index (χ0v) is 22.2. The molecule has 3 aromatic rings. The number of ether oxygens (including phenoxy) is 1. The standard InChI is InChI=1S/C25H30N4O5S2/c1-17-6-4-5-13-29(17)36(32,33)21-10-7-19(8-11-21)24(31)27-25-28(14-15-34-3)22-12-9-20(26-18(2)30)16-23(22)35-25/h7-12,16-17H,4-6,13-15H2,1-3H3,(H,26,30). The van der Waals surface area contributed by atoms with Gasteiger partial charge in [-0.2, -0.15) is 9.30 Å². The number of nitrogens with one attached hydrogen (secondary N) is 1. The van der Waals surface area contributed by atoms with Crippen LogP contribution in [0.2, 0.25) is 0 Å². The van der Waals surface area contributed by atoms with E-state index in [9.17, 15) is 18.0 Å². The van der Waals surface area contributed by atoms with Gasteiger partial charge in [-0.25, -0.2) is 8.42 Å². The third-order valence-corrected chi connectivity index (χ3v) is 9.24. The molecule has 1 saturated heterocycles. The number of hydrogen-bond acceptors (Lipinski definition) is 6. The average molecular weight is 531 g/mol. The number of aromatic nitrogens is 1. The summed E-state index contributed by atoms with van der Waals surface area (Å²) in [5.74, 6) is -0.636. The normalized spacial score (nSPS) is 17.4. The predicted molar refractivity (Wildman–Crippen MR) is 140 cm³/mol. The van der Waals surface area contributed by atoms with Crippen LogP contribution in [0.3, 0.4) is 0 Å². The molecule has 1 unspecified atom stereocenters. The first-order valence-corrected chi connectivity index (χ1v) is 14.1. The van der Waals surface area contributed by atoms with Crippen molar-refractivity contribution in [2.45, 2.75) is 50.6 Å². The number of amides is 2. The molecule has 1 atom stereocenters. The summed E-state index contributed by atoms with van der Waals surface area (Å²) in [6.07, 6.45) is 2.72. The quantitative estimate of drug-likeness (QED) is 0.502. The number of carbonyl (C=O) groups excluding carboxylic acids is 2. The van der Waals surface area contributed by atoms with Gasteiger partial charge in [0.2, 0.25) is 15.9 Å². The van der Waals surface area contributed by atoms with Crippen LogP contribution >= 0.6 is 11.3 Å². The van der Waals surface area contributed by atoms with E-state index >= 15 is 0 Å². The number of thiazole rings is 1. The van der Waals surface area contributed by atoms with E-state index in [-0.39, 0.29) is 16.8 Å². The van der Waals surface area contributed by atoms with E-state index in [1.54, 1.807) is 17.5 Å². The van der Waals surface area contributed by atoms with Gasteiger partial charge in [0, 0.05) is 44.4 Å². The molecule has 4 rings (SSSR count). The smallest absolute Gasteiger partial charge is 0.279 e. The van der Waals surface area contributed by atoms with E-state index in [0.29, 0.717) is 35.7 Å². The summed E-state index contributed by atoms with van der Waals surface area (Å²) >= 11 is 1.33. The highest BCUT2D eigenvalue weighted by Gasteiger charge is 2.30. The third-order valence-electron chi connectivity index (χ3n) is 6.17. The van der Waals surface area contributed by atoms with Crippen LogP contribution in [0.5, 0.6) is 0 Å². The number of benzene rings is 2. The molecule has 1 aromatic heterocycles. The molecule has 0 bridgehead atoms. The van der Waals surface area contributed by atoms with Crippen LogP contribution in [-0.2, 0) is 26.1 Å². The maximum atomic E-state index is 13.1. The molecule has 0 saturated carbocycles. The van der Waals surface area contributed by atoms with E-state index in [4.69, 9.17) is 4.74 Å². The van der Waals surface area contributed by atoms with Crippen LogP contribution in [0.1, 0.15) is 43.5 Å². The van der Waals surface area contributed by atoms with Crippen molar-refractivity contribution in [2.75, 3.05) is 25.6 Å². The van der Waals surface area contributed by atoms with E-state index < -0.39 is 15.9 Å². The van der Waals surface area contributed by atoms with Crippen LogP contribution < -0.4 is 10.1 Å². The minimum Gasteiger partial charge on any atom is -0.383 e. The van der Waals surface area contributed by atoms with Crippen LogP contribution in [0.25, 0.3) is 10.2 Å². The minimum absolute atomic E-state index is 0.0401. The van der Waals surface area contributed by atoms with Gasteiger partial charge < -0.3 is 14.6 Å². The number of methoxy groups -OCH3 is 1. The average Bonchev–Trinajstić information content (AvgIpc) is 3.18. The van der Waals surface area contributed by atoms with Crippen LogP contribution in [0.15, 0.2) is 52.4 Å².